The average Bonchev–Trinajstić information content (AvgIpc) is 2.51. The lowest BCUT2D eigenvalue weighted by Crippen LogP contribution is -2.08. The zero-order valence-corrected chi connectivity index (χ0v) is 13.3. The smallest absolute Gasteiger partial charge is 0.433 e. The molecule has 2 aromatic rings. The van der Waals surface area contributed by atoms with Crippen LogP contribution in [0, 0.1) is 0 Å². The average molecular weight is 338 g/mol. The summed E-state index contributed by atoms with van der Waals surface area (Å²) < 4.78 is 4.69. The number of oxime groups is 1. The van der Waals surface area contributed by atoms with Crippen LogP contribution >= 0.6 is 23.2 Å². The lowest BCUT2D eigenvalue weighted by Gasteiger charge is -2.07. The van der Waals surface area contributed by atoms with Crippen molar-refractivity contribution in [3.05, 3.63) is 69.7 Å². The van der Waals surface area contributed by atoms with Gasteiger partial charge in [0.15, 0.2) is 0 Å². The second kappa shape index (κ2) is 7.82. The highest BCUT2D eigenvalue weighted by molar-refractivity contribution is 6.31. The van der Waals surface area contributed by atoms with Crippen LogP contribution in [0.15, 0.2) is 53.7 Å². The van der Waals surface area contributed by atoms with Crippen molar-refractivity contribution < 1.29 is 14.4 Å². The van der Waals surface area contributed by atoms with Gasteiger partial charge in [-0.2, -0.15) is 0 Å². The molecule has 0 unspecified atom stereocenters. The van der Waals surface area contributed by atoms with Crippen molar-refractivity contribution in [2.75, 3.05) is 6.61 Å². The summed E-state index contributed by atoms with van der Waals surface area (Å²) in [5, 5.41) is 5.10. The zero-order valence-electron chi connectivity index (χ0n) is 11.8. The molecule has 0 aliphatic rings. The predicted octanol–water partition coefficient (Wildman–Crippen LogP) is 4.92. The number of benzene rings is 2. The number of hydrogen-bond acceptors (Lipinski definition) is 4. The van der Waals surface area contributed by atoms with Gasteiger partial charge >= 0.3 is 6.16 Å². The molecule has 0 radical (unpaired) electrons. The van der Waals surface area contributed by atoms with Gasteiger partial charge in [-0.1, -0.05) is 52.6 Å². The Labute approximate surface area is 138 Å². The second-order valence-electron chi connectivity index (χ2n) is 4.23. The molecule has 2 rings (SSSR count). The van der Waals surface area contributed by atoms with Crippen LogP contribution in [0.3, 0.4) is 0 Å². The van der Waals surface area contributed by atoms with Gasteiger partial charge in [0.05, 0.1) is 6.61 Å². The van der Waals surface area contributed by atoms with Crippen LogP contribution in [-0.2, 0) is 9.57 Å². The first-order valence-corrected chi connectivity index (χ1v) is 7.29. The highest BCUT2D eigenvalue weighted by Gasteiger charge is 2.10. The molecule has 0 N–H and O–H groups in total. The summed E-state index contributed by atoms with van der Waals surface area (Å²) >= 11 is 11.8. The summed E-state index contributed by atoms with van der Waals surface area (Å²) in [6, 6.07) is 14.0. The third kappa shape index (κ3) is 4.48. The van der Waals surface area contributed by atoms with Gasteiger partial charge in [0, 0.05) is 21.2 Å². The van der Waals surface area contributed by atoms with Crippen molar-refractivity contribution in [3.63, 3.8) is 0 Å². The molecule has 0 spiro atoms. The van der Waals surface area contributed by atoms with E-state index in [0.29, 0.717) is 15.8 Å². The quantitative estimate of drug-likeness (QED) is 0.344. The molecule has 2 aromatic carbocycles. The maximum atomic E-state index is 11.3. The van der Waals surface area contributed by atoms with E-state index in [0.717, 1.165) is 11.1 Å². The number of hydrogen-bond donors (Lipinski definition) is 0. The molecular formula is C16H13Cl2NO3. The van der Waals surface area contributed by atoms with Crippen LogP contribution in [-0.4, -0.2) is 18.5 Å². The summed E-state index contributed by atoms with van der Waals surface area (Å²) in [6.07, 6.45) is -0.858. The molecule has 0 aromatic heterocycles. The summed E-state index contributed by atoms with van der Waals surface area (Å²) in [6.45, 7) is 1.90. The van der Waals surface area contributed by atoms with Gasteiger partial charge in [0.25, 0.3) is 0 Å². The summed E-state index contributed by atoms with van der Waals surface area (Å²) in [5.41, 5.74) is 1.97. The van der Waals surface area contributed by atoms with Crippen LogP contribution in [0.4, 0.5) is 4.79 Å². The Bertz CT molecular complexity index is 619. The Morgan fingerprint density at radius 3 is 1.82 bits per heavy atom. The Hall–Kier alpha value is -2.04. The molecular weight excluding hydrogens is 325 g/mol. The van der Waals surface area contributed by atoms with Crippen molar-refractivity contribution in [2.24, 2.45) is 5.16 Å². The first-order chi connectivity index (χ1) is 10.6. The van der Waals surface area contributed by atoms with Gasteiger partial charge in [-0.15, -0.1) is 0 Å². The molecule has 0 fully saturated rings. The topological polar surface area (TPSA) is 47.9 Å². The fourth-order valence-corrected chi connectivity index (χ4v) is 1.97. The fourth-order valence-electron chi connectivity index (χ4n) is 1.71. The van der Waals surface area contributed by atoms with Crippen LogP contribution < -0.4 is 0 Å². The van der Waals surface area contributed by atoms with Gasteiger partial charge in [0.2, 0.25) is 0 Å². The van der Waals surface area contributed by atoms with E-state index in [1.807, 2.05) is 0 Å². The third-order valence-corrected chi connectivity index (χ3v) is 3.21. The molecule has 0 aliphatic carbocycles. The van der Waals surface area contributed by atoms with Gasteiger partial charge in [-0.05, 0) is 31.2 Å². The maximum Gasteiger partial charge on any atom is 0.535 e. The summed E-state index contributed by atoms with van der Waals surface area (Å²) in [7, 11) is 0. The minimum Gasteiger partial charge on any atom is -0.433 e. The highest BCUT2D eigenvalue weighted by Crippen LogP contribution is 2.17. The summed E-state index contributed by atoms with van der Waals surface area (Å²) in [5.74, 6) is 0. The summed E-state index contributed by atoms with van der Waals surface area (Å²) in [4.78, 5) is 16.1. The number of ether oxygens (including phenoxy) is 1. The molecule has 0 saturated heterocycles. The lowest BCUT2D eigenvalue weighted by atomic mass is 10.0. The molecule has 0 amide bonds. The van der Waals surface area contributed by atoms with Crippen LogP contribution in [0.5, 0.6) is 0 Å². The second-order valence-corrected chi connectivity index (χ2v) is 5.10. The first-order valence-electron chi connectivity index (χ1n) is 6.54. The lowest BCUT2D eigenvalue weighted by molar-refractivity contribution is 0.0614. The first kappa shape index (κ1) is 16.3. The number of carbonyl (C=O) groups is 1. The predicted molar refractivity (Wildman–Crippen MR) is 86.7 cm³/mol. The fraction of sp³-hybridized carbons (Fsp3) is 0.125. The van der Waals surface area contributed by atoms with Crippen molar-refractivity contribution in [1.82, 2.24) is 0 Å². The van der Waals surface area contributed by atoms with E-state index in [2.05, 4.69) is 5.16 Å². The minimum atomic E-state index is -0.858. The van der Waals surface area contributed by atoms with Gasteiger partial charge in [0.1, 0.15) is 5.71 Å². The third-order valence-electron chi connectivity index (χ3n) is 2.71. The SMILES string of the molecule is CCOC(=O)ON=C(c1ccc(Cl)cc1)c1ccc(Cl)cc1. The van der Waals surface area contributed by atoms with E-state index < -0.39 is 6.16 Å². The molecule has 114 valence electrons. The Morgan fingerprint density at radius 1 is 0.955 bits per heavy atom. The molecule has 4 nitrogen and oxygen atoms in total. The number of carbonyl (C=O) groups excluding carboxylic acids is 1. The Morgan fingerprint density at radius 2 is 1.41 bits per heavy atom. The Balaban J connectivity index is 2.35. The molecule has 0 aliphatic heterocycles. The van der Waals surface area contributed by atoms with Crippen molar-refractivity contribution >= 4 is 35.1 Å². The van der Waals surface area contributed by atoms with Gasteiger partial charge < -0.3 is 4.74 Å². The monoisotopic (exact) mass is 337 g/mol. The highest BCUT2D eigenvalue weighted by atomic mass is 35.5. The number of nitrogens with zero attached hydrogens (tertiary/aromatic N) is 1. The van der Waals surface area contributed by atoms with Crippen molar-refractivity contribution in [3.8, 4) is 0 Å². The van der Waals surface area contributed by atoms with E-state index in [-0.39, 0.29) is 6.61 Å². The van der Waals surface area contributed by atoms with E-state index in [1.165, 1.54) is 0 Å². The molecule has 0 atom stereocenters. The Kier molecular flexibility index (Phi) is 5.81. The number of halogens is 2. The van der Waals surface area contributed by atoms with Gasteiger partial charge in [-0.25, -0.2) is 4.79 Å². The van der Waals surface area contributed by atoms with E-state index >= 15 is 0 Å². The maximum absolute atomic E-state index is 11.3. The molecule has 6 heteroatoms. The largest absolute Gasteiger partial charge is 0.535 e. The van der Waals surface area contributed by atoms with Crippen molar-refractivity contribution in [1.29, 1.82) is 0 Å². The molecule has 22 heavy (non-hydrogen) atoms. The number of rotatable bonds is 4. The molecule has 0 bridgehead atoms. The van der Waals surface area contributed by atoms with E-state index in [9.17, 15) is 4.79 Å². The van der Waals surface area contributed by atoms with E-state index in [4.69, 9.17) is 32.8 Å². The van der Waals surface area contributed by atoms with E-state index in [1.54, 1.807) is 55.5 Å². The molecule has 0 saturated carbocycles. The minimum absolute atomic E-state index is 0.214. The standard InChI is InChI=1S/C16H13Cl2NO3/c1-2-21-16(20)22-19-15(11-3-7-13(17)8-4-11)12-5-9-14(18)10-6-12/h3-10H,2H2,1H3. The van der Waals surface area contributed by atoms with Crippen LogP contribution in [0.2, 0.25) is 10.0 Å². The van der Waals surface area contributed by atoms with Gasteiger partial charge in [-0.3, -0.25) is 4.84 Å². The van der Waals surface area contributed by atoms with Crippen molar-refractivity contribution in [2.45, 2.75) is 6.92 Å². The van der Waals surface area contributed by atoms with Crippen LogP contribution in [0.25, 0.3) is 0 Å². The van der Waals surface area contributed by atoms with Crippen LogP contribution in [0.1, 0.15) is 18.1 Å². The zero-order chi connectivity index (χ0) is 15.9. The molecule has 0 heterocycles. The normalized spacial score (nSPS) is 9.95.